The highest BCUT2D eigenvalue weighted by Gasteiger charge is 2.33. The maximum atomic E-state index is 14.0. The van der Waals surface area contributed by atoms with Gasteiger partial charge in [-0.25, -0.2) is 14.8 Å². The topological polar surface area (TPSA) is 199 Å². The second kappa shape index (κ2) is 21.1. The van der Waals surface area contributed by atoms with Crippen LogP contribution in [0.2, 0.25) is 0 Å². The highest BCUT2D eigenvalue weighted by Crippen LogP contribution is 2.37. The number of anilines is 3. The van der Waals surface area contributed by atoms with Gasteiger partial charge in [0.1, 0.15) is 23.8 Å². The molecule has 3 N–H and O–H groups in total. The molecule has 17 nitrogen and oxygen atoms in total. The molecule has 0 aliphatic carbocycles. The number of nitrogens with zero attached hydrogens (tertiary/aromatic N) is 6. The number of esters is 1. The Kier molecular flexibility index (Phi) is 14.3. The molecule has 2 fully saturated rings. The van der Waals surface area contributed by atoms with E-state index in [0.29, 0.717) is 91.4 Å². The first kappa shape index (κ1) is 50.0. The van der Waals surface area contributed by atoms with Crippen molar-refractivity contribution in [1.29, 1.82) is 0 Å². The number of hydrogen-bond acceptors (Lipinski definition) is 14. The molecule has 0 bridgehead atoms. The fraction of sp³-hybridized carbons (Fsp3) is 0.357. The Morgan fingerprint density at radius 1 is 0.838 bits per heavy atom. The lowest BCUT2D eigenvalue weighted by Gasteiger charge is -2.31. The van der Waals surface area contributed by atoms with Crippen molar-refractivity contribution < 1.29 is 38.2 Å². The lowest BCUT2D eigenvalue weighted by atomic mass is 9.92. The maximum Gasteiger partial charge on any atom is 0.358 e. The van der Waals surface area contributed by atoms with Gasteiger partial charge in [-0.05, 0) is 118 Å². The molecule has 10 rings (SSSR count). The van der Waals surface area contributed by atoms with Crippen LogP contribution in [-0.4, -0.2) is 105 Å². The average Bonchev–Trinajstić information content (AvgIpc) is 3.95. The zero-order valence-corrected chi connectivity index (χ0v) is 43.0. The largest absolute Gasteiger partial charge is 0.491 e. The molecule has 4 aromatic carbocycles. The molecule has 382 valence electrons. The summed E-state index contributed by atoms with van der Waals surface area (Å²) in [7, 11) is 1.78. The number of para-hydroxylation sites is 2. The van der Waals surface area contributed by atoms with Crippen LogP contribution in [0.25, 0.3) is 32.2 Å². The fourth-order valence-electron chi connectivity index (χ4n) is 10.1. The number of aromatic nitrogens is 4. The number of piperidine rings is 2. The van der Waals surface area contributed by atoms with Crippen LogP contribution in [0.1, 0.15) is 95.6 Å². The standard InChI is InChI=1S/C56H59N9O8S/c1-33-36(37-19-21-46(59-50(37)54(70)73-56(2,3)4)65-28-23-34-11-8-13-38(41(34)31-65)52(68)61-55-58-42-15-6-7-18-45(42)74-55)12-10-17-44(33)72-30-29-71-35-24-26-64(27-25-35)32-48(67)57-43-16-9-14-39-49(62-63(5)51(39)43)40-20-22-47(66)60-53(40)69/h6-19,21,35,40H,20,22-32H2,1-5H3,(H,57,67)(H,58,61,68)(H,60,66,69). The van der Waals surface area contributed by atoms with Crippen molar-refractivity contribution in [3.05, 3.63) is 125 Å². The van der Waals surface area contributed by atoms with Crippen molar-refractivity contribution in [2.75, 3.05) is 54.9 Å². The Bertz CT molecular complexity index is 3280. The summed E-state index contributed by atoms with van der Waals surface area (Å²) in [5.74, 6) is -0.838. The van der Waals surface area contributed by atoms with Crippen LogP contribution in [0.15, 0.2) is 91.0 Å². The van der Waals surface area contributed by atoms with Gasteiger partial charge in [-0.3, -0.25) is 39.4 Å². The number of carbonyl (C=O) groups excluding carboxylic acids is 5. The number of pyridine rings is 1. The zero-order valence-electron chi connectivity index (χ0n) is 42.2. The van der Waals surface area contributed by atoms with Gasteiger partial charge in [0.05, 0.1) is 52.3 Å². The van der Waals surface area contributed by atoms with Crippen LogP contribution < -0.4 is 25.6 Å². The first-order valence-electron chi connectivity index (χ1n) is 25.1. The number of fused-ring (bicyclic) bond motifs is 3. The number of ether oxygens (including phenoxy) is 3. The summed E-state index contributed by atoms with van der Waals surface area (Å²) in [5, 5.41) is 14.4. The lowest BCUT2D eigenvalue weighted by molar-refractivity contribution is -0.134. The Balaban J connectivity index is 0.750. The molecule has 7 aromatic rings. The molecular formula is C56H59N9O8S. The van der Waals surface area contributed by atoms with Crippen LogP contribution in [0.5, 0.6) is 5.75 Å². The number of likely N-dealkylation sites (tertiary alicyclic amines) is 1. The summed E-state index contributed by atoms with van der Waals surface area (Å²) in [5.41, 5.74) is 6.97. The molecular weight excluding hydrogens is 959 g/mol. The minimum Gasteiger partial charge on any atom is -0.491 e. The van der Waals surface area contributed by atoms with E-state index in [1.54, 1.807) is 11.7 Å². The maximum absolute atomic E-state index is 14.0. The van der Waals surface area contributed by atoms with E-state index < -0.39 is 17.5 Å². The van der Waals surface area contributed by atoms with Gasteiger partial charge in [-0.1, -0.05) is 59.9 Å². The number of imide groups is 1. The minimum atomic E-state index is -0.766. The van der Waals surface area contributed by atoms with E-state index in [0.717, 1.165) is 56.2 Å². The molecule has 1 unspecified atom stereocenters. The highest BCUT2D eigenvalue weighted by atomic mass is 32.1. The number of hydrogen-bond donors (Lipinski definition) is 3. The third-order valence-electron chi connectivity index (χ3n) is 13.7. The predicted octanol–water partition coefficient (Wildman–Crippen LogP) is 8.34. The quantitative estimate of drug-likeness (QED) is 0.0534. The van der Waals surface area contributed by atoms with E-state index in [-0.39, 0.29) is 48.4 Å². The summed E-state index contributed by atoms with van der Waals surface area (Å²) < 4.78 is 21.2. The fourth-order valence-corrected chi connectivity index (χ4v) is 11.0. The molecule has 3 aliphatic rings. The van der Waals surface area contributed by atoms with Crippen molar-refractivity contribution >= 4 is 78.7 Å². The van der Waals surface area contributed by atoms with Gasteiger partial charge in [-0.2, -0.15) is 5.10 Å². The monoisotopic (exact) mass is 1020 g/mol. The molecule has 3 aromatic heterocycles. The first-order chi connectivity index (χ1) is 35.7. The van der Waals surface area contributed by atoms with E-state index in [1.165, 1.54) is 11.3 Å². The number of benzene rings is 4. The first-order valence-corrected chi connectivity index (χ1v) is 25.9. The van der Waals surface area contributed by atoms with Gasteiger partial charge in [0.25, 0.3) is 5.91 Å². The SMILES string of the molecule is Cc1c(OCCOC2CCN(CC(=O)Nc3cccc4c(C5CCC(=O)NC5=O)nn(C)c34)CC2)cccc1-c1ccc(N2CCc3cccc(C(=O)Nc4nc5ccccc5s4)c3C2)nc1C(=O)OC(C)(C)C. The van der Waals surface area contributed by atoms with E-state index in [9.17, 15) is 24.0 Å². The molecule has 0 spiro atoms. The molecule has 6 heterocycles. The summed E-state index contributed by atoms with van der Waals surface area (Å²) in [6.07, 6.45) is 2.87. The Labute approximate surface area is 432 Å². The molecule has 74 heavy (non-hydrogen) atoms. The van der Waals surface area contributed by atoms with Crippen molar-refractivity contribution in [2.45, 2.75) is 84.0 Å². The summed E-state index contributed by atoms with van der Waals surface area (Å²) in [6.45, 7) is 10.8. The second-order valence-electron chi connectivity index (χ2n) is 20.0. The van der Waals surface area contributed by atoms with Crippen LogP contribution in [-0.2, 0) is 43.9 Å². The molecule has 1 atom stereocenters. The number of amides is 4. The van der Waals surface area contributed by atoms with Gasteiger partial charge in [0, 0.05) is 56.2 Å². The van der Waals surface area contributed by atoms with Crippen LogP contribution in [0, 0.1) is 6.92 Å². The van der Waals surface area contributed by atoms with E-state index in [1.807, 2.05) is 113 Å². The third kappa shape index (κ3) is 10.9. The van der Waals surface area contributed by atoms with Crippen molar-refractivity contribution in [3.63, 3.8) is 0 Å². The van der Waals surface area contributed by atoms with Gasteiger partial charge in [-0.15, -0.1) is 0 Å². The summed E-state index contributed by atoms with van der Waals surface area (Å²) in [6, 6.07) is 28.7. The summed E-state index contributed by atoms with van der Waals surface area (Å²) >= 11 is 1.44. The van der Waals surface area contributed by atoms with Crippen molar-refractivity contribution in [2.24, 2.45) is 7.05 Å². The van der Waals surface area contributed by atoms with Crippen molar-refractivity contribution in [3.8, 4) is 16.9 Å². The number of carbonyl (C=O) groups is 5. The average molecular weight is 1020 g/mol. The highest BCUT2D eigenvalue weighted by molar-refractivity contribution is 7.22. The lowest BCUT2D eigenvalue weighted by Crippen LogP contribution is -2.41. The number of nitrogens with one attached hydrogen (secondary N) is 3. The van der Waals surface area contributed by atoms with E-state index in [4.69, 9.17) is 19.2 Å². The Morgan fingerprint density at radius 3 is 2.43 bits per heavy atom. The van der Waals surface area contributed by atoms with Gasteiger partial charge < -0.3 is 24.4 Å². The normalized spacial score (nSPS) is 16.5. The Hall–Kier alpha value is -7.54. The van der Waals surface area contributed by atoms with Gasteiger partial charge in [0.2, 0.25) is 17.7 Å². The van der Waals surface area contributed by atoms with Gasteiger partial charge in [0.15, 0.2) is 10.8 Å². The molecule has 18 heteroatoms. The Morgan fingerprint density at radius 2 is 1.64 bits per heavy atom. The third-order valence-corrected chi connectivity index (χ3v) is 14.7. The zero-order chi connectivity index (χ0) is 51.7. The minimum absolute atomic E-state index is 0.0156. The second-order valence-corrected chi connectivity index (χ2v) is 21.0. The van der Waals surface area contributed by atoms with Crippen molar-refractivity contribution in [1.82, 2.24) is 30.0 Å². The van der Waals surface area contributed by atoms with E-state index >= 15 is 0 Å². The number of thiazole rings is 1. The smallest absolute Gasteiger partial charge is 0.358 e. The van der Waals surface area contributed by atoms with Gasteiger partial charge >= 0.3 is 5.97 Å². The van der Waals surface area contributed by atoms with Crippen LogP contribution >= 0.6 is 11.3 Å². The molecule has 0 radical (unpaired) electrons. The summed E-state index contributed by atoms with van der Waals surface area (Å²) in [4.78, 5) is 79.4. The van der Waals surface area contributed by atoms with E-state index in [2.05, 4.69) is 41.9 Å². The van der Waals surface area contributed by atoms with Crippen LogP contribution in [0.3, 0.4) is 0 Å². The molecule has 3 aliphatic heterocycles. The number of rotatable bonds is 14. The number of aryl methyl sites for hydroxylation is 1. The predicted molar refractivity (Wildman–Crippen MR) is 284 cm³/mol. The molecule has 0 saturated carbocycles. The molecule has 4 amide bonds. The molecule has 2 saturated heterocycles. The van der Waals surface area contributed by atoms with Crippen LogP contribution in [0.4, 0.5) is 16.6 Å².